The minimum Gasteiger partial charge on any atom is -0.508 e. The molecule has 0 heterocycles. The molecule has 5 rings (SSSR count). The number of aryl methyl sites for hydroxylation is 1. The molecule has 0 aromatic heterocycles. The van der Waals surface area contributed by atoms with E-state index in [-0.39, 0.29) is 17.5 Å². The third-order valence-corrected chi connectivity index (χ3v) is 8.60. The number of esters is 1. The Morgan fingerprint density at radius 3 is 2.83 bits per heavy atom. The van der Waals surface area contributed by atoms with Crippen LogP contribution in [0.2, 0.25) is 0 Å². The quantitative estimate of drug-likeness (QED) is 0.633. The van der Waals surface area contributed by atoms with E-state index in [2.05, 4.69) is 19.1 Å². The Kier molecular flexibility index (Phi) is 4.96. The van der Waals surface area contributed by atoms with Crippen LogP contribution in [0.15, 0.2) is 24.3 Å². The van der Waals surface area contributed by atoms with Crippen molar-refractivity contribution in [1.29, 1.82) is 0 Å². The molecule has 1 aromatic rings. The van der Waals surface area contributed by atoms with Gasteiger partial charge in [-0.05, 0) is 85.1 Å². The molecule has 0 radical (unpaired) electrons. The van der Waals surface area contributed by atoms with Gasteiger partial charge in [0.1, 0.15) is 11.9 Å². The van der Waals surface area contributed by atoms with Crippen LogP contribution in [-0.4, -0.2) is 17.2 Å². The van der Waals surface area contributed by atoms with E-state index in [0.717, 1.165) is 44.4 Å². The molecule has 2 fully saturated rings. The average molecular weight is 395 g/mol. The Bertz CT molecular complexity index is 819. The molecule has 1 aromatic carbocycles. The van der Waals surface area contributed by atoms with Gasteiger partial charge in [0.15, 0.2) is 0 Å². The van der Waals surface area contributed by atoms with Crippen LogP contribution in [0.3, 0.4) is 0 Å². The summed E-state index contributed by atoms with van der Waals surface area (Å²) in [7, 11) is 0. The Morgan fingerprint density at radius 2 is 2.00 bits per heavy atom. The van der Waals surface area contributed by atoms with Crippen LogP contribution in [0, 0.1) is 23.2 Å². The predicted molar refractivity (Wildman–Crippen MR) is 114 cm³/mol. The van der Waals surface area contributed by atoms with E-state index in [9.17, 15) is 9.90 Å². The SMILES string of the molecule is C[C@]12CC=C3c4ccc(O)cc4CC[C@H]3[C@@H]1CC[C@@H]2OC(=O)CCC1CCCC1. The van der Waals surface area contributed by atoms with E-state index in [1.807, 2.05) is 12.1 Å². The van der Waals surface area contributed by atoms with Gasteiger partial charge in [-0.3, -0.25) is 4.79 Å². The van der Waals surface area contributed by atoms with Crippen molar-refractivity contribution in [3.63, 3.8) is 0 Å². The third kappa shape index (κ3) is 3.41. The van der Waals surface area contributed by atoms with Gasteiger partial charge < -0.3 is 9.84 Å². The maximum Gasteiger partial charge on any atom is 0.306 e. The first kappa shape index (κ1) is 19.2. The van der Waals surface area contributed by atoms with E-state index in [4.69, 9.17) is 4.74 Å². The summed E-state index contributed by atoms with van der Waals surface area (Å²) < 4.78 is 6.11. The number of hydrogen-bond donors (Lipinski definition) is 1. The fraction of sp³-hybridized carbons (Fsp3) is 0.654. The van der Waals surface area contributed by atoms with Crippen molar-refractivity contribution in [2.45, 2.75) is 83.7 Å². The van der Waals surface area contributed by atoms with Crippen molar-refractivity contribution in [2.75, 3.05) is 0 Å². The van der Waals surface area contributed by atoms with E-state index < -0.39 is 0 Å². The topological polar surface area (TPSA) is 46.5 Å². The number of hydrogen-bond acceptors (Lipinski definition) is 3. The zero-order chi connectivity index (χ0) is 20.0. The van der Waals surface area contributed by atoms with Gasteiger partial charge in [0.2, 0.25) is 0 Å². The summed E-state index contributed by atoms with van der Waals surface area (Å²) in [4.78, 5) is 12.6. The minimum absolute atomic E-state index is 0.0306. The molecule has 0 amide bonds. The third-order valence-electron chi connectivity index (χ3n) is 8.60. The smallest absolute Gasteiger partial charge is 0.306 e. The molecule has 3 nitrogen and oxygen atoms in total. The second kappa shape index (κ2) is 7.49. The summed E-state index contributed by atoms with van der Waals surface area (Å²) >= 11 is 0. The summed E-state index contributed by atoms with van der Waals surface area (Å²) in [5.74, 6) is 2.30. The van der Waals surface area contributed by atoms with Crippen molar-refractivity contribution in [1.82, 2.24) is 0 Å². The maximum absolute atomic E-state index is 12.6. The number of aromatic hydroxyl groups is 1. The highest BCUT2D eigenvalue weighted by molar-refractivity contribution is 5.74. The monoisotopic (exact) mass is 394 g/mol. The number of ether oxygens (including phenoxy) is 1. The van der Waals surface area contributed by atoms with Crippen LogP contribution in [0.5, 0.6) is 5.75 Å². The first-order chi connectivity index (χ1) is 14.0. The Hall–Kier alpha value is -1.77. The van der Waals surface area contributed by atoms with Crippen LogP contribution in [-0.2, 0) is 16.0 Å². The second-order valence-corrected chi connectivity index (χ2v) is 10.2. The van der Waals surface area contributed by atoms with Crippen LogP contribution in [0.4, 0.5) is 0 Å². The fourth-order valence-electron chi connectivity index (χ4n) is 6.95. The zero-order valence-electron chi connectivity index (χ0n) is 17.7. The van der Waals surface area contributed by atoms with Crippen molar-refractivity contribution < 1.29 is 14.6 Å². The molecule has 0 saturated heterocycles. The van der Waals surface area contributed by atoms with E-state index in [1.165, 1.54) is 42.4 Å². The molecular weight excluding hydrogens is 360 g/mol. The number of benzene rings is 1. The molecule has 0 bridgehead atoms. The Labute approximate surface area is 174 Å². The summed E-state index contributed by atoms with van der Waals surface area (Å²) in [5.41, 5.74) is 4.16. The van der Waals surface area contributed by atoms with Crippen molar-refractivity contribution in [3.05, 3.63) is 35.4 Å². The van der Waals surface area contributed by atoms with E-state index in [1.54, 1.807) is 0 Å². The first-order valence-electron chi connectivity index (χ1n) is 11.8. The highest BCUT2D eigenvalue weighted by atomic mass is 16.5. The van der Waals surface area contributed by atoms with Gasteiger partial charge in [-0.15, -0.1) is 0 Å². The molecular formula is C26H34O3. The van der Waals surface area contributed by atoms with Crippen molar-refractivity contribution in [2.24, 2.45) is 23.2 Å². The summed E-state index contributed by atoms with van der Waals surface area (Å²) in [5, 5.41) is 9.84. The Morgan fingerprint density at radius 1 is 1.17 bits per heavy atom. The number of fused-ring (bicyclic) bond motifs is 5. The van der Waals surface area contributed by atoms with Gasteiger partial charge in [-0.25, -0.2) is 0 Å². The fourth-order valence-corrected chi connectivity index (χ4v) is 6.95. The normalized spacial score (nSPS) is 33.6. The molecule has 29 heavy (non-hydrogen) atoms. The molecule has 2 saturated carbocycles. The number of allylic oxidation sites excluding steroid dienone is 2. The lowest BCUT2D eigenvalue weighted by Crippen LogP contribution is -2.41. The molecule has 1 N–H and O–H groups in total. The van der Waals surface area contributed by atoms with Crippen molar-refractivity contribution >= 4 is 11.5 Å². The number of rotatable bonds is 4. The van der Waals surface area contributed by atoms with Gasteiger partial charge in [0, 0.05) is 11.8 Å². The number of phenolic OH excluding ortho intramolecular Hbond substituents is 1. The van der Waals surface area contributed by atoms with Crippen LogP contribution >= 0.6 is 0 Å². The Balaban J connectivity index is 1.29. The molecule has 0 aliphatic heterocycles. The van der Waals surface area contributed by atoms with Crippen LogP contribution in [0.1, 0.15) is 82.3 Å². The zero-order valence-corrected chi connectivity index (χ0v) is 17.7. The molecule has 3 heteroatoms. The molecule has 0 spiro atoms. The number of carbonyl (C=O) groups excluding carboxylic acids is 1. The largest absolute Gasteiger partial charge is 0.508 e. The minimum atomic E-state index is 0.0306. The van der Waals surface area contributed by atoms with Crippen LogP contribution < -0.4 is 0 Å². The number of carbonyl (C=O) groups is 1. The lowest BCUT2D eigenvalue weighted by molar-refractivity contribution is -0.155. The average Bonchev–Trinajstić information content (AvgIpc) is 3.34. The lowest BCUT2D eigenvalue weighted by Gasteiger charge is -2.46. The predicted octanol–water partition coefficient (Wildman–Crippen LogP) is 6.04. The second-order valence-electron chi connectivity index (χ2n) is 10.2. The van der Waals surface area contributed by atoms with Gasteiger partial charge in [0.25, 0.3) is 0 Å². The highest BCUT2D eigenvalue weighted by Gasteiger charge is 2.54. The van der Waals surface area contributed by atoms with Crippen molar-refractivity contribution in [3.8, 4) is 5.75 Å². The van der Waals surface area contributed by atoms with Gasteiger partial charge in [-0.2, -0.15) is 0 Å². The summed E-state index contributed by atoms with van der Waals surface area (Å²) in [6, 6.07) is 5.85. The summed E-state index contributed by atoms with van der Waals surface area (Å²) in [6.45, 7) is 2.36. The van der Waals surface area contributed by atoms with Gasteiger partial charge in [0.05, 0.1) is 0 Å². The lowest BCUT2D eigenvalue weighted by atomic mass is 9.60. The molecule has 4 aliphatic carbocycles. The molecule has 4 atom stereocenters. The molecule has 156 valence electrons. The first-order valence-corrected chi connectivity index (χ1v) is 11.8. The maximum atomic E-state index is 12.6. The van der Waals surface area contributed by atoms with Gasteiger partial charge in [-0.1, -0.05) is 44.7 Å². The molecule has 0 unspecified atom stereocenters. The van der Waals surface area contributed by atoms with E-state index >= 15 is 0 Å². The van der Waals surface area contributed by atoms with Crippen LogP contribution in [0.25, 0.3) is 5.57 Å². The standard InChI is InChI=1S/C26H34O3/c1-26-15-14-21-20-10-8-19(27)16-18(20)7-9-22(21)23(26)11-12-24(26)29-25(28)13-6-17-4-2-3-5-17/h8,10,14,16-17,22-24,27H,2-7,9,11-13,15H2,1H3/t22-,23+,24+,26+/m1/s1. The van der Waals surface area contributed by atoms with E-state index in [0.29, 0.717) is 24.0 Å². The highest BCUT2D eigenvalue weighted by Crippen LogP contribution is 2.59. The number of phenols is 1. The molecule has 4 aliphatic rings. The summed E-state index contributed by atoms with van der Waals surface area (Å²) in [6.07, 6.45) is 14.7. The van der Waals surface area contributed by atoms with Gasteiger partial charge >= 0.3 is 5.97 Å².